The van der Waals surface area contributed by atoms with Crippen molar-refractivity contribution in [2.24, 2.45) is 0 Å². The molecule has 0 atom stereocenters. The minimum absolute atomic E-state index is 0.0211. The fourth-order valence-corrected chi connectivity index (χ4v) is 3.02. The standard InChI is InChI=1S/C25H19N3O2/c29-24(18-6-2-1-3-7-18)19-10-12-21(13-11-19)27-22-8-4-5-9-23(22)28-25(30)20-14-16-26-17-15-20/h1-17,27H,(H,28,30). The van der Waals surface area contributed by atoms with Crippen molar-refractivity contribution in [1.82, 2.24) is 4.98 Å². The highest BCUT2D eigenvalue weighted by Gasteiger charge is 2.10. The summed E-state index contributed by atoms with van der Waals surface area (Å²) < 4.78 is 0. The van der Waals surface area contributed by atoms with Crippen LogP contribution in [0.1, 0.15) is 26.3 Å². The zero-order chi connectivity index (χ0) is 20.8. The number of para-hydroxylation sites is 2. The topological polar surface area (TPSA) is 71.1 Å². The molecule has 0 aliphatic carbocycles. The lowest BCUT2D eigenvalue weighted by atomic mass is 10.0. The van der Waals surface area contributed by atoms with Crippen LogP contribution in [0.2, 0.25) is 0 Å². The predicted octanol–water partition coefficient (Wildman–Crippen LogP) is 5.31. The molecular weight excluding hydrogens is 374 g/mol. The molecule has 0 saturated heterocycles. The lowest BCUT2D eigenvalue weighted by molar-refractivity contribution is 0.102. The number of rotatable bonds is 6. The van der Waals surface area contributed by atoms with Gasteiger partial charge in [0.2, 0.25) is 0 Å². The number of anilines is 3. The Morgan fingerprint density at radius 3 is 1.90 bits per heavy atom. The number of carbonyl (C=O) groups excluding carboxylic acids is 2. The van der Waals surface area contributed by atoms with Crippen LogP contribution in [0.3, 0.4) is 0 Å². The van der Waals surface area contributed by atoms with Gasteiger partial charge < -0.3 is 10.6 Å². The number of pyridine rings is 1. The van der Waals surface area contributed by atoms with Crippen molar-refractivity contribution in [3.05, 3.63) is 120 Å². The Balaban J connectivity index is 1.50. The van der Waals surface area contributed by atoms with E-state index in [0.29, 0.717) is 22.4 Å². The highest BCUT2D eigenvalue weighted by molar-refractivity contribution is 6.09. The Labute approximate surface area is 174 Å². The van der Waals surface area contributed by atoms with Crippen LogP contribution in [0, 0.1) is 0 Å². The monoisotopic (exact) mass is 393 g/mol. The third-order valence-electron chi connectivity index (χ3n) is 4.58. The minimum Gasteiger partial charge on any atom is -0.354 e. The molecule has 1 aromatic heterocycles. The van der Waals surface area contributed by atoms with Gasteiger partial charge in [-0.15, -0.1) is 0 Å². The molecule has 0 unspecified atom stereocenters. The Bertz CT molecular complexity index is 1160. The van der Waals surface area contributed by atoms with E-state index in [1.165, 1.54) is 0 Å². The smallest absolute Gasteiger partial charge is 0.255 e. The van der Waals surface area contributed by atoms with Crippen molar-refractivity contribution in [3.8, 4) is 0 Å². The molecule has 0 bridgehead atoms. The summed E-state index contributed by atoms with van der Waals surface area (Å²) in [7, 11) is 0. The second-order valence-corrected chi connectivity index (χ2v) is 6.63. The average molecular weight is 393 g/mol. The molecule has 4 rings (SSSR count). The van der Waals surface area contributed by atoms with Gasteiger partial charge >= 0.3 is 0 Å². The third kappa shape index (κ3) is 4.42. The van der Waals surface area contributed by atoms with Crippen LogP contribution >= 0.6 is 0 Å². The van der Waals surface area contributed by atoms with Gasteiger partial charge in [-0.3, -0.25) is 14.6 Å². The van der Waals surface area contributed by atoms with Gasteiger partial charge in [0, 0.05) is 34.8 Å². The van der Waals surface area contributed by atoms with Crippen LogP contribution in [-0.4, -0.2) is 16.7 Å². The summed E-state index contributed by atoms with van der Waals surface area (Å²) in [6, 6.07) is 27.2. The molecule has 0 aliphatic heterocycles. The summed E-state index contributed by atoms with van der Waals surface area (Å²) in [5.41, 5.74) is 4.02. The maximum absolute atomic E-state index is 12.6. The molecule has 0 spiro atoms. The normalized spacial score (nSPS) is 10.3. The Morgan fingerprint density at radius 2 is 1.20 bits per heavy atom. The molecule has 0 radical (unpaired) electrons. The van der Waals surface area contributed by atoms with E-state index in [0.717, 1.165) is 11.4 Å². The lowest BCUT2D eigenvalue weighted by Crippen LogP contribution is -2.13. The van der Waals surface area contributed by atoms with Gasteiger partial charge in [0.25, 0.3) is 5.91 Å². The number of hydrogen-bond acceptors (Lipinski definition) is 4. The number of aromatic nitrogens is 1. The van der Waals surface area contributed by atoms with Crippen LogP contribution in [0.4, 0.5) is 17.1 Å². The maximum atomic E-state index is 12.6. The number of carbonyl (C=O) groups is 2. The van der Waals surface area contributed by atoms with E-state index in [1.54, 1.807) is 48.8 Å². The molecule has 5 nitrogen and oxygen atoms in total. The van der Waals surface area contributed by atoms with Gasteiger partial charge in [0.1, 0.15) is 0 Å². The van der Waals surface area contributed by atoms with Crippen molar-refractivity contribution in [2.75, 3.05) is 10.6 Å². The average Bonchev–Trinajstić information content (AvgIpc) is 2.81. The highest BCUT2D eigenvalue weighted by Crippen LogP contribution is 2.26. The summed E-state index contributed by atoms with van der Waals surface area (Å²) in [6.45, 7) is 0. The number of nitrogens with zero attached hydrogens (tertiary/aromatic N) is 1. The molecule has 0 fully saturated rings. The lowest BCUT2D eigenvalue weighted by Gasteiger charge is -2.13. The summed E-state index contributed by atoms with van der Waals surface area (Å²) in [5, 5.41) is 6.21. The Hall–Kier alpha value is -4.25. The molecule has 4 aromatic rings. The summed E-state index contributed by atoms with van der Waals surface area (Å²) >= 11 is 0. The number of hydrogen-bond donors (Lipinski definition) is 2. The second-order valence-electron chi connectivity index (χ2n) is 6.63. The van der Waals surface area contributed by atoms with Crippen LogP contribution in [-0.2, 0) is 0 Å². The fourth-order valence-electron chi connectivity index (χ4n) is 3.02. The van der Waals surface area contributed by atoms with E-state index >= 15 is 0 Å². The Morgan fingerprint density at radius 1 is 0.600 bits per heavy atom. The molecule has 0 aliphatic rings. The van der Waals surface area contributed by atoms with Gasteiger partial charge in [0.15, 0.2) is 5.78 Å². The molecule has 30 heavy (non-hydrogen) atoms. The van der Waals surface area contributed by atoms with Gasteiger partial charge in [-0.05, 0) is 48.5 Å². The summed E-state index contributed by atoms with van der Waals surface area (Å²) in [5.74, 6) is -0.234. The first-order valence-electron chi connectivity index (χ1n) is 9.48. The van der Waals surface area contributed by atoms with Crippen molar-refractivity contribution < 1.29 is 9.59 Å². The molecule has 3 aromatic carbocycles. The maximum Gasteiger partial charge on any atom is 0.255 e. The molecule has 5 heteroatoms. The van der Waals surface area contributed by atoms with Crippen molar-refractivity contribution in [2.45, 2.75) is 0 Å². The van der Waals surface area contributed by atoms with E-state index in [2.05, 4.69) is 15.6 Å². The van der Waals surface area contributed by atoms with Crippen LogP contribution in [0.5, 0.6) is 0 Å². The van der Waals surface area contributed by atoms with Crippen LogP contribution in [0.25, 0.3) is 0 Å². The molecule has 146 valence electrons. The first kappa shape index (κ1) is 19.1. The molecule has 2 N–H and O–H groups in total. The number of amides is 1. The van der Waals surface area contributed by atoms with Gasteiger partial charge in [-0.25, -0.2) is 0 Å². The number of ketones is 1. The van der Waals surface area contributed by atoms with Crippen LogP contribution < -0.4 is 10.6 Å². The van der Waals surface area contributed by atoms with E-state index in [4.69, 9.17) is 0 Å². The van der Waals surface area contributed by atoms with Crippen molar-refractivity contribution in [3.63, 3.8) is 0 Å². The quantitative estimate of drug-likeness (QED) is 0.436. The summed E-state index contributed by atoms with van der Waals surface area (Å²) in [6.07, 6.45) is 3.16. The largest absolute Gasteiger partial charge is 0.354 e. The van der Waals surface area contributed by atoms with E-state index in [9.17, 15) is 9.59 Å². The van der Waals surface area contributed by atoms with Crippen molar-refractivity contribution in [1.29, 1.82) is 0 Å². The van der Waals surface area contributed by atoms with E-state index < -0.39 is 0 Å². The predicted molar refractivity (Wildman–Crippen MR) is 118 cm³/mol. The first-order valence-corrected chi connectivity index (χ1v) is 9.48. The molecule has 1 heterocycles. The van der Waals surface area contributed by atoms with E-state index in [1.807, 2.05) is 54.6 Å². The van der Waals surface area contributed by atoms with Crippen LogP contribution in [0.15, 0.2) is 103 Å². The third-order valence-corrected chi connectivity index (χ3v) is 4.58. The van der Waals surface area contributed by atoms with E-state index in [-0.39, 0.29) is 11.7 Å². The number of benzene rings is 3. The first-order chi connectivity index (χ1) is 14.7. The minimum atomic E-state index is -0.213. The zero-order valence-corrected chi connectivity index (χ0v) is 16.1. The van der Waals surface area contributed by atoms with Crippen molar-refractivity contribution >= 4 is 28.8 Å². The van der Waals surface area contributed by atoms with Gasteiger partial charge in [-0.2, -0.15) is 0 Å². The van der Waals surface area contributed by atoms with Gasteiger partial charge in [0.05, 0.1) is 11.4 Å². The Kier molecular flexibility index (Phi) is 5.62. The molecular formula is C25H19N3O2. The fraction of sp³-hybridized carbons (Fsp3) is 0. The summed E-state index contributed by atoms with van der Waals surface area (Å²) in [4.78, 5) is 29.0. The number of nitrogens with one attached hydrogen (secondary N) is 2. The molecule has 1 amide bonds. The SMILES string of the molecule is O=C(Nc1ccccc1Nc1ccc(C(=O)c2ccccc2)cc1)c1ccncc1. The molecule has 0 saturated carbocycles. The second kappa shape index (κ2) is 8.84. The van der Waals surface area contributed by atoms with Gasteiger partial charge in [-0.1, -0.05) is 42.5 Å². The zero-order valence-electron chi connectivity index (χ0n) is 16.1. The highest BCUT2D eigenvalue weighted by atomic mass is 16.1.